The summed E-state index contributed by atoms with van der Waals surface area (Å²) < 4.78 is 5.77. The molecule has 1 heterocycles. The Morgan fingerprint density at radius 2 is 2.05 bits per heavy atom. The zero-order valence-electron chi connectivity index (χ0n) is 10.8. The van der Waals surface area contributed by atoms with Gasteiger partial charge >= 0.3 is 5.97 Å². The molecular weight excluding hydrogens is 262 g/mol. The second-order valence-electron chi connectivity index (χ2n) is 4.30. The largest absolute Gasteiger partial charge is 0.486 e. The van der Waals surface area contributed by atoms with Gasteiger partial charge in [0.1, 0.15) is 17.4 Å². The van der Waals surface area contributed by atoms with Crippen LogP contribution in [0.3, 0.4) is 0 Å². The zero-order chi connectivity index (χ0) is 13.8. The number of ether oxygens (including phenoxy) is 1. The van der Waals surface area contributed by atoms with Crippen molar-refractivity contribution >= 4 is 17.3 Å². The Morgan fingerprint density at radius 3 is 2.68 bits per heavy atom. The fraction of sp³-hybridized carbons (Fsp3) is 0.286. The van der Waals surface area contributed by atoms with E-state index in [9.17, 15) is 4.79 Å². The lowest BCUT2D eigenvalue weighted by atomic mass is 10.1. The van der Waals surface area contributed by atoms with E-state index >= 15 is 0 Å². The Hall–Kier alpha value is -1.88. The van der Waals surface area contributed by atoms with Gasteiger partial charge in [-0.2, -0.15) is 0 Å². The predicted molar refractivity (Wildman–Crippen MR) is 73.7 cm³/mol. The third-order valence-corrected chi connectivity index (χ3v) is 3.65. The molecule has 0 unspecified atom stereocenters. The number of benzene rings is 1. The summed E-state index contributed by atoms with van der Waals surface area (Å²) in [4.78, 5) is 15.5. The van der Waals surface area contributed by atoms with Crippen LogP contribution < -0.4 is 4.74 Å². The van der Waals surface area contributed by atoms with Crippen LogP contribution in [0.25, 0.3) is 0 Å². The molecule has 0 amide bonds. The molecule has 0 aliphatic carbocycles. The molecule has 0 aliphatic rings. The highest BCUT2D eigenvalue weighted by molar-refractivity contribution is 7.11. The van der Waals surface area contributed by atoms with Crippen LogP contribution in [0.1, 0.15) is 21.0 Å². The van der Waals surface area contributed by atoms with E-state index < -0.39 is 5.97 Å². The number of carboxylic acids is 1. The summed E-state index contributed by atoms with van der Waals surface area (Å²) >= 11 is 1.38. The molecule has 0 fully saturated rings. The van der Waals surface area contributed by atoms with E-state index in [1.807, 2.05) is 32.0 Å². The predicted octanol–water partition coefficient (Wildman–Crippen LogP) is 2.97. The van der Waals surface area contributed by atoms with Crippen molar-refractivity contribution in [2.45, 2.75) is 26.9 Å². The Labute approximate surface area is 115 Å². The van der Waals surface area contributed by atoms with Crippen LogP contribution >= 0.6 is 11.3 Å². The fourth-order valence-electron chi connectivity index (χ4n) is 1.81. The molecule has 100 valence electrons. The molecule has 0 bridgehead atoms. The van der Waals surface area contributed by atoms with Crippen LogP contribution in [-0.2, 0) is 17.8 Å². The van der Waals surface area contributed by atoms with Crippen LogP contribution in [0.15, 0.2) is 24.4 Å². The molecule has 0 saturated heterocycles. The Bertz CT molecular complexity index is 572. The number of rotatable bonds is 5. The zero-order valence-corrected chi connectivity index (χ0v) is 11.7. The second kappa shape index (κ2) is 5.84. The first-order valence-electron chi connectivity index (χ1n) is 5.90. The molecule has 0 radical (unpaired) electrons. The first-order chi connectivity index (χ1) is 9.06. The van der Waals surface area contributed by atoms with E-state index in [0.717, 1.165) is 26.8 Å². The molecular formula is C14H15NO3S. The van der Waals surface area contributed by atoms with Crippen LogP contribution in [0.4, 0.5) is 0 Å². The van der Waals surface area contributed by atoms with Crippen molar-refractivity contribution in [2.24, 2.45) is 0 Å². The van der Waals surface area contributed by atoms with Gasteiger partial charge in [-0.15, -0.1) is 11.3 Å². The van der Waals surface area contributed by atoms with Gasteiger partial charge in [-0.3, -0.25) is 4.79 Å². The number of nitrogens with zero attached hydrogens (tertiary/aromatic N) is 1. The first-order valence-corrected chi connectivity index (χ1v) is 6.72. The van der Waals surface area contributed by atoms with Gasteiger partial charge in [-0.1, -0.05) is 18.2 Å². The van der Waals surface area contributed by atoms with E-state index in [1.54, 1.807) is 6.20 Å². The van der Waals surface area contributed by atoms with Crippen molar-refractivity contribution in [1.29, 1.82) is 0 Å². The van der Waals surface area contributed by atoms with Crippen molar-refractivity contribution in [3.8, 4) is 5.75 Å². The topological polar surface area (TPSA) is 59.4 Å². The van der Waals surface area contributed by atoms with E-state index in [-0.39, 0.29) is 6.42 Å². The van der Waals surface area contributed by atoms with Gasteiger partial charge in [0.2, 0.25) is 0 Å². The van der Waals surface area contributed by atoms with Crippen LogP contribution in [0, 0.1) is 13.8 Å². The lowest BCUT2D eigenvalue weighted by Crippen LogP contribution is -1.98. The average Bonchev–Trinajstić information content (AvgIpc) is 2.75. The number of aryl methyl sites for hydroxylation is 2. The molecule has 2 aromatic rings. The maximum atomic E-state index is 10.6. The van der Waals surface area contributed by atoms with Crippen LogP contribution in [0.5, 0.6) is 5.75 Å². The molecule has 0 atom stereocenters. The molecule has 1 aromatic heterocycles. The normalized spacial score (nSPS) is 10.4. The summed E-state index contributed by atoms with van der Waals surface area (Å²) in [6, 6.07) is 5.99. The Balaban J connectivity index is 2.02. The number of para-hydroxylation sites is 1. The quantitative estimate of drug-likeness (QED) is 0.912. The molecule has 0 saturated carbocycles. The smallest absolute Gasteiger partial charge is 0.308 e. The maximum absolute atomic E-state index is 10.6. The maximum Gasteiger partial charge on any atom is 0.308 e. The number of carboxylic acid groups (broad SMARTS) is 1. The highest BCUT2D eigenvalue weighted by atomic mass is 32.1. The molecule has 5 heteroatoms. The number of thiazole rings is 1. The third kappa shape index (κ3) is 3.54. The van der Waals surface area contributed by atoms with Gasteiger partial charge in [-0.25, -0.2) is 4.98 Å². The minimum atomic E-state index is -0.842. The van der Waals surface area contributed by atoms with Crippen molar-refractivity contribution in [2.75, 3.05) is 0 Å². The lowest BCUT2D eigenvalue weighted by Gasteiger charge is -2.10. The Morgan fingerprint density at radius 1 is 1.37 bits per heavy atom. The van der Waals surface area contributed by atoms with Crippen molar-refractivity contribution < 1.29 is 14.6 Å². The highest BCUT2D eigenvalue weighted by Gasteiger charge is 2.08. The van der Waals surface area contributed by atoms with Crippen LogP contribution in [-0.4, -0.2) is 16.1 Å². The summed E-state index contributed by atoms with van der Waals surface area (Å²) in [5.41, 5.74) is 2.17. The monoisotopic (exact) mass is 277 g/mol. The van der Waals surface area contributed by atoms with Crippen molar-refractivity contribution in [1.82, 2.24) is 4.98 Å². The van der Waals surface area contributed by atoms with E-state index in [4.69, 9.17) is 9.84 Å². The molecule has 1 aromatic carbocycles. The van der Waals surface area contributed by atoms with E-state index in [1.165, 1.54) is 11.3 Å². The van der Waals surface area contributed by atoms with Crippen molar-refractivity contribution in [3.63, 3.8) is 0 Å². The number of hydrogen-bond acceptors (Lipinski definition) is 4. The highest BCUT2D eigenvalue weighted by Crippen LogP contribution is 2.24. The fourth-order valence-corrected chi connectivity index (χ4v) is 2.63. The summed E-state index contributed by atoms with van der Waals surface area (Å²) in [5, 5.41) is 9.50. The third-order valence-electron chi connectivity index (χ3n) is 2.68. The van der Waals surface area contributed by atoms with Gasteiger partial charge in [-0.05, 0) is 25.0 Å². The summed E-state index contributed by atoms with van der Waals surface area (Å²) in [7, 11) is 0. The number of carbonyl (C=O) groups is 1. The van der Waals surface area contributed by atoms with Gasteiger partial charge in [0.15, 0.2) is 0 Å². The second-order valence-corrected chi connectivity index (χ2v) is 5.50. The molecule has 1 N–H and O–H groups in total. The summed E-state index contributed by atoms with van der Waals surface area (Å²) in [6.07, 6.45) is 1.61. The average molecular weight is 277 g/mol. The minimum absolute atomic E-state index is 0.0149. The SMILES string of the molecule is Cc1cccc(C)c1OCc1ncc(CC(=O)O)s1. The Kier molecular flexibility index (Phi) is 4.16. The number of aromatic nitrogens is 1. The van der Waals surface area contributed by atoms with Gasteiger partial charge in [0.05, 0.1) is 6.42 Å². The number of aliphatic carboxylic acids is 1. The minimum Gasteiger partial charge on any atom is -0.486 e. The molecule has 0 aliphatic heterocycles. The standard InChI is InChI=1S/C14H15NO3S/c1-9-4-3-5-10(2)14(9)18-8-12-15-7-11(19-12)6-13(16)17/h3-5,7H,6,8H2,1-2H3,(H,16,17). The summed E-state index contributed by atoms with van der Waals surface area (Å²) in [6.45, 7) is 4.37. The first kappa shape index (κ1) is 13.5. The van der Waals surface area contributed by atoms with E-state index in [0.29, 0.717) is 6.61 Å². The van der Waals surface area contributed by atoms with Gasteiger partial charge < -0.3 is 9.84 Å². The van der Waals surface area contributed by atoms with Gasteiger partial charge in [0, 0.05) is 11.1 Å². The molecule has 0 spiro atoms. The lowest BCUT2D eigenvalue weighted by molar-refractivity contribution is -0.136. The molecule has 4 nitrogen and oxygen atoms in total. The van der Waals surface area contributed by atoms with Crippen molar-refractivity contribution in [3.05, 3.63) is 45.4 Å². The molecule has 2 rings (SSSR count). The van der Waals surface area contributed by atoms with Crippen LogP contribution in [0.2, 0.25) is 0 Å². The number of hydrogen-bond donors (Lipinski definition) is 1. The molecule has 19 heavy (non-hydrogen) atoms. The van der Waals surface area contributed by atoms with Gasteiger partial charge in [0.25, 0.3) is 0 Å². The van der Waals surface area contributed by atoms with E-state index in [2.05, 4.69) is 4.98 Å². The summed E-state index contributed by atoms with van der Waals surface area (Å²) in [5.74, 6) is 0.0309.